The Kier molecular flexibility index (Phi) is 3.05. The maximum Gasteiger partial charge on any atom is 0.0963 e. The molecule has 2 N–H and O–H groups in total. The first-order chi connectivity index (χ1) is 5.97. The van der Waals surface area contributed by atoms with Crippen LogP contribution in [0.1, 0.15) is 0 Å². The lowest BCUT2D eigenvalue weighted by Crippen LogP contribution is -1.88. The van der Waals surface area contributed by atoms with Crippen molar-refractivity contribution in [2.75, 3.05) is 0 Å². The van der Waals surface area contributed by atoms with Crippen molar-refractivity contribution in [3.05, 3.63) is 42.6 Å². The van der Waals surface area contributed by atoms with Crippen LogP contribution in [-0.4, -0.2) is 20.9 Å². The molecule has 0 aliphatic carbocycles. The van der Waals surface area contributed by atoms with Crippen molar-refractivity contribution in [3.8, 4) is 11.3 Å². The van der Waals surface area contributed by atoms with Crippen LogP contribution in [0.15, 0.2) is 42.6 Å². The Hall–Kier alpha value is -1.81. The fourth-order valence-electron chi connectivity index (χ4n) is 1.00. The molecule has 4 nitrogen and oxygen atoms in total. The molecule has 4 heteroatoms. The van der Waals surface area contributed by atoms with Gasteiger partial charge in [-0.25, -0.2) is 0 Å². The molecule has 0 spiro atoms. The smallest absolute Gasteiger partial charge is 0.0963 e. The van der Waals surface area contributed by atoms with Crippen LogP contribution in [0.5, 0.6) is 0 Å². The molecule has 66 valence electrons. The van der Waals surface area contributed by atoms with E-state index in [0.717, 1.165) is 11.3 Å². The van der Waals surface area contributed by atoms with Crippen LogP contribution in [0, 0.1) is 0 Å². The third kappa shape index (κ3) is 2.07. The quantitative estimate of drug-likeness (QED) is 0.641. The van der Waals surface area contributed by atoms with E-state index in [9.17, 15) is 0 Å². The molecule has 13 heavy (non-hydrogen) atoms. The van der Waals surface area contributed by atoms with Crippen molar-refractivity contribution >= 4 is 0 Å². The Morgan fingerprint density at radius 1 is 0.923 bits per heavy atom. The first-order valence-electron chi connectivity index (χ1n) is 3.66. The van der Waals surface area contributed by atoms with Gasteiger partial charge in [0.25, 0.3) is 0 Å². The average Bonchev–Trinajstić information content (AvgIpc) is 2.21. The Balaban J connectivity index is 0.000000845. The molecule has 0 saturated carbocycles. The maximum absolute atomic E-state index is 3.89. The van der Waals surface area contributed by atoms with Crippen molar-refractivity contribution in [1.29, 1.82) is 0 Å². The lowest BCUT2D eigenvalue weighted by molar-refractivity contribution is 0.824. The van der Waals surface area contributed by atoms with Crippen LogP contribution in [0.2, 0.25) is 0 Å². The van der Waals surface area contributed by atoms with Crippen LogP contribution in [0.25, 0.3) is 11.3 Å². The summed E-state index contributed by atoms with van der Waals surface area (Å²) in [5.41, 5.74) is 1.91. The summed E-state index contributed by atoms with van der Waals surface area (Å²) in [6.07, 6.45) is 1.63. The highest BCUT2D eigenvalue weighted by Crippen LogP contribution is 2.12. The van der Waals surface area contributed by atoms with E-state index >= 15 is 0 Å². The first-order valence-corrected chi connectivity index (χ1v) is 3.66. The van der Waals surface area contributed by atoms with Gasteiger partial charge in [-0.3, -0.25) is 0 Å². The van der Waals surface area contributed by atoms with Gasteiger partial charge in [0.2, 0.25) is 0 Å². The standard InChI is InChI=1S/C9H7N3.H2O/c1-2-4-8(5-3-1)9-6-7-10-12-11-9;/h1-7H;1H2. The van der Waals surface area contributed by atoms with Gasteiger partial charge in [-0.2, -0.15) is 0 Å². The van der Waals surface area contributed by atoms with Crippen molar-refractivity contribution < 1.29 is 5.48 Å². The molecule has 0 unspecified atom stereocenters. The van der Waals surface area contributed by atoms with Crippen molar-refractivity contribution in [2.45, 2.75) is 0 Å². The topological polar surface area (TPSA) is 70.2 Å². The molecule has 1 aromatic heterocycles. The number of hydrogen-bond acceptors (Lipinski definition) is 3. The fourth-order valence-corrected chi connectivity index (χ4v) is 1.00. The maximum atomic E-state index is 3.89. The van der Waals surface area contributed by atoms with Crippen LogP contribution >= 0.6 is 0 Å². The van der Waals surface area contributed by atoms with Crippen LogP contribution < -0.4 is 0 Å². The average molecular weight is 175 g/mol. The molecule has 1 aromatic carbocycles. The summed E-state index contributed by atoms with van der Waals surface area (Å²) in [6.45, 7) is 0. The van der Waals surface area contributed by atoms with Crippen molar-refractivity contribution in [3.63, 3.8) is 0 Å². The molecular formula is C9H9N3O. The zero-order chi connectivity index (χ0) is 8.23. The third-order valence-corrected chi connectivity index (χ3v) is 1.57. The largest absolute Gasteiger partial charge is 0.412 e. The summed E-state index contributed by atoms with van der Waals surface area (Å²) in [5.74, 6) is 0. The number of aromatic nitrogens is 3. The van der Waals surface area contributed by atoms with Crippen LogP contribution in [0.3, 0.4) is 0 Å². The lowest BCUT2D eigenvalue weighted by Gasteiger charge is -1.95. The van der Waals surface area contributed by atoms with E-state index in [1.807, 2.05) is 36.4 Å². The lowest BCUT2D eigenvalue weighted by atomic mass is 10.2. The Morgan fingerprint density at radius 2 is 1.69 bits per heavy atom. The number of nitrogens with zero attached hydrogens (tertiary/aromatic N) is 3. The Bertz CT molecular complexity index is 312. The van der Waals surface area contributed by atoms with E-state index in [0.29, 0.717) is 0 Å². The molecule has 0 saturated heterocycles. The first kappa shape index (κ1) is 9.28. The molecule has 2 aromatic rings. The summed E-state index contributed by atoms with van der Waals surface area (Å²) >= 11 is 0. The second-order valence-corrected chi connectivity index (χ2v) is 2.37. The molecule has 1 heterocycles. The van der Waals surface area contributed by atoms with E-state index in [2.05, 4.69) is 15.4 Å². The summed E-state index contributed by atoms with van der Waals surface area (Å²) in [6, 6.07) is 11.7. The fraction of sp³-hybridized carbons (Fsp3) is 0. The Morgan fingerprint density at radius 3 is 2.31 bits per heavy atom. The zero-order valence-corrected chi connectivity index (χ0v) is 6.88. The predicted octanol–water partition coefficient (Wildman–Crippen LogP) is 0.714. The van der Waals surface area contributed by atoms with Crippen LogP contribution in [0.4, 0.5) is 0 Å². The summed E-state index contributed by atoms with van der Waals surface area (Å²) in [7, 11) is 0. The molecule has 0 radical (unpaired) electrons. The van der Waals surface area contributed by atoms with Gasteiger partial charge in [-0.05, 0) is 11.3 Å². The summed E-state index contributed by atoms with van der Waals surface area (Å²) in [4.78, 5) is 0. The highest BCUT2D eigenvalue weighted by Gasteiger charge is 1.95. The predicted molar refractivity (Wildman–Crippen MR) is 48.9 cm³/mol. The molecule has 0 atom stereocenters. The molecular weight excluding hydrogens is 166 g/mol. The molecule has 0 aliphatic heterocycles. The van der Waals surface area contributed by atoms with Crippen molar-refractivity contribution in [2.24, 2.45) is 0 Å². The van der Waals surface area contributed by atoms with Crippen LogP contribution in [-0.2, 0) is 0 Å². The molecule has 0 aliphatic rings. The van der Waals surface area contributed by atoms with Gasteiger partial charge in [0.15, 0.2) is 0 Å². The van der Waals surface area contributed by atoms with Gasteiger partial charge < -0.3 is 5.48 Å². The number of hydrogen-bond donors (Lipinski definition) is 0. The zero-order valence-electron chi connectivity index (χ0n) is 6.88. The van der Waals surface area contributed by atoms with Gasteiger partial charge in [0.05, 0.1) is 11.9 Å². The van der Waals surface area contributed by atoms with E-state index in [4.69, 9.17) is 0 Å². The summed E-state index contributed by atoms with van der Waals surface area (Å²) < 4.78 is 0. The van der Waals surface area contributed by atoms with E-state index in [-0.39, 0.29) is 5.48 Å². The van der Waals surface area contributed by atoms with Gasteiger partial charge in [-0.1, -0.05) is 30.3 Å². The number of benzene rings is 1. The molecule has 2 rings (SSSR count). The normalized spacial score (nSPS) is 8.92. The molecule has 0 fully saturated rings. The minimum atomic E-state index is 0. The van der Waals surface area contributed by atoms with E-state index in [1.54, 1.807) is 6.20 Å². The van der Waals surface area contributed by atoms with Crippen molar-refractivity contribution in [1.82, 2.24) is 15.4 Å². The van der Waals surface area contributed by atoms with E-state index in [1.165, 1.54) is 0 Å². The van der Waals surface area contributed by atoms with Gasteiger partial charge in [-0.15, -0.1) is 10.2 Å². The Labute approximate surface area is 75.6 Å². The molecule has 0 bridgehead atoms. The highest BCUT2D eigenvalue weighted by molar-refractivity contribution is 5.57. The minimum Gasteiger partial charge on any atom is -0.412 e. The third-order valence-electron chi connectivity index (χ3n) is 1.57. The number of rotatable bonds is 1. The monoisotopic (exact) mass is 175 g/mol. The van der Waals surface area contributed by atoms with Gasteiger partial charge in [0.1, 0.15) is 0 Å². The molecule has 0 amide bonds. The minimum absolute atomic E-state index is 0. The van der Waals surface area contributed by atoms with E-state index < -0.39 is 0 Å². The van der Waals surface area contributed by atoms with Gasteiger partial charge >= 0.3 is 0 Å². The van der Waals surface area contributed by atoms with Gasteiger partial charge in [0, 0.05) is 5.56 Å². The SMILES string of the molecule is O.c1ccc(-c2ccnnn2)cc1. The second-order valence-electron chi connectivity index (χ2n) is 2.37. The summed E-state index contributed by atoms with van der Waals surface area (Å²) in [5, 5.41) is 11.1. The highest BCUT2D eigenvalue weighted by atomic mass is 16.0. The second kappa shape index (κ2) is 4.27.